The highest BCUT2D eigenvalue weighted by atomic mass is 32.2. The third kappa shape index (κ3) is 4.90. The minimum absolute atomic E-state index is 0.0293. The molecule has 168 valence electrons. The van der Waals surface area contributed by atoms with Gasteiger partial charge in [0.2, 0.25) is 0 Å². The number of nitrogens with one attached hydrogen (secondary N) is 1. The Bertz CT molecular complexity index is 1020. The standard InChI is InChI=1S/C21H27N3O5S2/c1-3-29-20(26)14-6-8-24(9-7-14)19(25)15-5-4-13(2)16(10-15)22-21-23-17-11-31(27,28)12-18(17)30-21/h4-5,10,14,17-18H,3,6-9,11-12H2,1-2H3,(H,22,23)/t17-,18-/m1/s1. The van der Waals surface area contributed by atoms with Crippen LogP contribution in [0.2, 0.25) is 0 Å². The highest BCUT2D eigenvalue weighted by Crippen LogP contribution is 2.35. The van der Waals surface area contributed by atoms with E-state index in [9.17, 15) is 18.0 Å². The van der Waals surface area contributed by atoms with Gasteiger partial charge in [-0.15, -0.1) is 0 Å². The topological polar surface area (TPSA) is 105 Å². The number of aryl methyl sites for hydroxylation is 1. The Morgan fingerprint density at radius 1 is 1.26 bits per heavy atom. The molecule has 2 saturated heterocycles. The Labute approximate surface area is 186 Å². The Morgan fingerprint density at radius 3 is 2.68 bits per heavy atom. The predicted octanol–water partition coefficient (Wildman–Crippen LogP) is 2.09. The lowest BCUT2D eigenvalue weighted by Gasteiger charge is -2.31. The molecule has 1 amide bonds. The summed E-state index contributed by atoms with van der Waals surface area (Å²) in [4.78, 5) is 31.2. The number of nitrogens with zero attached hydrogens (tertiary/aromatic N) is 2. The monoisotopic (exact) mass is 465 g/mol. The molecule has 3 heterocycles. The van der Waals surface area contributed by atoms with Gasteiger partial charge < -0.3 is 15.0 Å². The zero-order valence-electron chi connectivity index (χ0n) is 17.7. The molecule has 3 aliphatic rings. The molecule has 2 atom stereocenters. The Hall–Kier alpha value is -2.07. The molecule has 0 radical (unpaired) electrons. The molecule has 31 heavy (non-hydrogen) atoms. The molecule has 0 spiro atoms. The molecule has 8 nitrogen and oxygen atoms in total. The number of hydrogen-bond acceptors (Lipinski definition) is 8. The summed E-state index contributed by atoms with van der Waals surface area (Å²) in [6, 6.07) is 5.34. The van der Waals surface area contributed by atoms with Crippen molar-refractivity contribution in [3.05, 3.63) is 29.3 Å². The normalized spacial score (nSPS) is 25.1. The number of amidine groups is 1. The fourth-order valence-electron chi connectivity index (χ4n) is 4.18. The fraction of sp³-hybridized carbons (Fsp3) is 0.571. The van der Waals surface area contributed by atoms with Gasteiger partial charge in [-0.25, -0.2) is 8.42 Å². The number of amides is 1. The van der Waals surface area contributed by atoms with Crippen molar-refractivity contribution in [3.8, 4) is 0 Å². The number of sulfone groups is 1. The van der Waals surface area contributed by atoms with Crippen molar-refractivity contribution < 1.29 is 22.7 Å². The van der Waals surface area contributed by atoms with Gasteiger partial charge in [0.25, 0.3) is 5.91 Å². The highest BCUT2D eigenvalue weighted by molar-refractivity contribution is 8.15. The smallest absolute Gasteiger partial charge is 0.309 e. The average molecular weight is 466 g/mol. The van der Waals surface area contributed by atoms with Gasteiger partial charge in [-0.2, -0.15) is 0 Å². The van der Waals surface area contributed by atoms with Gasteiger partial charge in [0.05, 0.1) is 30.1 Å². The number of hydrogen-bond donors (Lipinski definition) is 1. The number of ether oxygens (including phenoxy) is 1. The van der Waals surface area contributed by atoms with Crippen molar-refractivity contribution in [1.29, 1.82) is 0 Å². The van der Waals surface area contributed by atoms with Crippen LogP contribution in [0.4, 0.5) is 5.69 Å². The van der Waals surface area contributed by atoms with Gasteiger partial charge in [0.15, 0.2) is 15.0 Å². The minimum Gasteiger partial charge on any atom is -0.466 e. The number of likely N-dealkylation sites (tertiary alicyclic amines) is 1. The second-order valence-corrected chi connectivity index (χ2v) is 11.6. The van der Waals surface area contributed by atoms with E-state index in [1.54, 1.807) is 11.8 Å². The molecule has 1 N–H and O–H groups in total. The number of piperidine rings is 1. The first kappa shape index (κ1) is 22.1. The molecule has 0 unspecified atom stereocenters. The second kappa shape index (κ2) is 8.82. The summed E-state index contributed by atoms with van der Waals surface area (Å²) < 4.78 is 28.6. The van der Waals surface area contributed by atoms with E-state index in [0.29, 0.717) is 43.3 Å². The lowest BCUT2D eigenvalue weighted by atomic mass is 9.96. The van der Waals surface area contributed by atoms with Crippen LogP contribution in [0.1, 0.15) is 35.7 Å². The van der Waals surface area contributed by atoms with E-state index < -0.39 is 9.84 Å². The molecule has 0 bridgehead atoms. The Balaban J connectivity index is 1.40. The van der Waals surface area contributed by atoms with E-state index >= 15 is 0 Å². The summed E-state index contributed by atoms with van der Waals surface area (Å²) in [6.45, 7) is 5.17. The van der Waals surface area contributed by atoms with Crippen molar-refractivity contribution in [2.75, 3.05) is 36.5 Å². The summed E-state index contributed by atoms with van der Waals surface area (Å²) in [6.07, 6.45) is 1.22. The first-order valence-electron chi connectivity index (χ1n) is 10.5. The predicted molar refractivity (Wildman–Crippen MR) is 121 cm³/mol. The van der Waals surface area contributed by atoms with Crippen LogP contribution in [-0.4, -0.2) is 72.9 Å². The number of carbonyl (C=O) groups excluding carboxylic acids is 2. The van der Waals surface area contributed by atoms with Crippen molar-refractivity contribution in [2.24, 2.45) is 10.9 Å². The number of rotatable bonds is 4. The zero-order valence-corrected chi connectivity index (χ0v) is 19.3. The van der Waals surface area contributed by atoms with Crippen LogP contribution in [0.3, 0.4) is 0 Å². The molecular formula is C21H27N3O5S2. The van der Waals surface area contributed by atoms with Gasteiger partial charge in [-0.3, -0.25) is 14.6 Å². The van der Waals surface area contributed by atoms with Crippen LogP contribution in [0.15, 0.2) is 23.2 Å². The van der Waals surface area contributed by atoms with Crippen LogP contribution >= 0.6 is 11.8 Å². The third-order valence-corrected chi connectivity index (χ3v) is 9.09. The molecule has 0 aliphatic carbocycles. The van der Waals surface area contributed by atoms with Crippen molar-refractivity contribution in [2.45, 2.75) is 38.0 Å². The number of carbonyl (C=O) groups is 2. The van der Waals surface area contributed by atoms with Gasteiger partial charge >= 0.3 is 5.97 Å². The summed E-state index contributed by atoms with van der Waals surface area (Å²) in [5.41, 5.74) is 2.35. The number of anilines is 1. The first-order chi connectivity index (χ1) is 14.8. The molecule has 2 fully saturated rings. The van der Waals surface area contributed by atoms with Crippen LogP contribution in [-0.2, 0) is 19.4 Å². The maximum absolute atomic E-state index is 13.0. The van der Waals surface area contributed by atoms with E-state index in [1.165, 1.54) is 11.8 Å². The van der Waals surface area contributed by atoms with Crippen LogP contribution in [0.25, 0.3) is 0 Å². The SMILES string of the molecule is CCOC(=O)C1CCN(C(=O)c2ccc(C)c(NC3=N[C@@H]4CS(=O)(=O)C[C@H]4S3)c2)CC1. The van der Waals surface area contributed by atoms with Gasteiger partial charge in [0.1, 0.15) is 0 Å². The highest BCUT2D eigenvalue weighted by Gasteiger charge is 2.42. The first-order valence-corrected chi connectivity index (χ1v) is 13.2. The molecule has 1 aromatic rings. The molecule has 3 aliphatic heterocycles. The largest absolute Gasteiger partial charge is 0.466 e. The summed E-state index contributed by atoms with van der Waals surface area (Å²) in [7, 11) is -2.99. The quantitative estimate of drug-likeness (QED) is 0.679. The van der Waals surface area contributed by atoms with Crippen LogP contribution < -0.4 is 5.32 Å². The lowest BCUT2D eigenvalue weighted by Crippen LogP contribution is -2.40. The lowest BCUT2D eigenvalue weighted by molar-refractivity contribution is -0.149. The van der Waals surface area contributed by atoms with Crippen LogP contribution in [0.5, 0.6) is 0 Å². The van der Waals surface area contributed by atoms with Crippen molar-refractivity contribution in [1.82, 2.24) is 4.90 Å². The van der Waals surface area contributed by atoms with E-state index in [4.69, 9.17) is 4.74 Å². The molecule has 0 aromatic heterocycles. The second-order valence-electron chi connectivity index (χ2n) is 8.21. The van der Waals surface area contributed by atoms with Gasteiger partial charge in [0, 0.05) is 29.6 Å². The molecular weight excluding hydrogens is 438 g/mol. The van der Waals surface area contributed by atoms with Gasteiger partial charge in [-0.1, -0.05) is 17.8 Å². The third-order valence-electron chi connectivity index (χ3n) is 5.95. The van der Waals surface area contributed by atoms with E-state index in [0.717, 1.165) is 11.3 Å². The number of thioether (sulfide) groups is 1. The zero-order chi connectivity index (χ0) is 22.2. The van der Waals surface area contributed by atoms with Crippen molar-refractivity contribution in [3.63, 3.8) is 0 Å². The summed E-state index contributed by atoms with van der Waals surface area (Å²) >= 11 is 1.46. The van der Waals surface area contributed by atoms with Crippen molar-refractivity contribution >= 4 is 44.3 Å². The Kier molecular flexibility index (Phi) is 6.30. The van der Waals surface area contributed by atoms with E-state index in [-0.39, 0.29) is 40.6 Å². The molecule has 10 heteroatoms. The Morgan fingerprint density at radius 2 is 2.00 bits per heavy atom. The van der Waals surface area contributed by atoms with Crippen LogP contribution in [0, 0.1) is 12.8 Å². The molecule has 0 saturated carbocycles. The fourth-order valence-corrected chi connectivity index (χ4v) is 7.85. The number of fused-ring (bicyclic) bond motifs is 1. The van der Waals surface area contributed by atoms with Gasteiger partial charge in [-0.05, 0) is 44.4 Å². The maximum atomic E-state index is 13.0. The number of aliphatic imine (C=N–C) groups is 1. The van der Waals surface area contributed by atoms with E-state index in [1.807, 2.05) is 25.1 Å². The summed E-state index contributed by atoms with van der Waals surface area (Å²) in [5.74, 6) is -0.108. The maximum Gasteiger partial charge on any atom is 0.309 e. The minimum atomic E-state index is -2.99. The number of esters is 1. The molecule has 1 aromatic carbocycles. The molecule has 4 rings (SSSR count). The number of benzene rings is 1. The average Bonchev–Trinajstić information content (AvgIpc) is 3.22. The summed E-state index contributed by atoms with van der Waals surface area (Å²) in [5, 5.41) is 3.96. The van der Waals surface area contributed by atoms with E-state index in [2.05, 4.69) is 10.3 Å².